The molecular weight excluding hydrogens is 397 g/mol. The number of allylic oxidation sites excluding steroid dienone is 1. The average Bonchev–Trinajstić information content (AvgIpc) is 2.57. The lowest BCUT2D eigenvalue weighted by molar-refractivity contribution is -0.133. The van der Waals surface area contributed by atoms with Crippen LogP contribution in [0.1, 0.15) is 31.7 Å². The van der Waals surface area contributed by atoms with Gasteiger partial charge in [-0.3, -0.25) is 0 Å². The Kier molecular flexibility index (Phi) is 6.66. The van der Waals surface area contributed by atoms with Crippen LogP contribution < -0.4 is 0 Å². The molecule has 0 aliphatic carbocycles. The summed E-state index contributed by atoms with van der Waals surface area (Å²) in [6, 6.07) is 4.83. The van der Waals surface area contributed by atoms with Gasteiger partial charge in [-0.15, -0.1) is 11.8 Å². The fourth-order valence-corrected chi connectivity index (χ4v) is 4.42. The third-order valence-corrected chi connectivity index (χ3v) is 6.41. The predicted octanol–water partition coefficient (Wildman–Crippen LogP) is 4.82. The monoisotopic (exact) mass is 415 g/mol. The summed E-state index contributed by atoms with van der Waals surface area (Å²) in [5.74, 6) is -2.66. The molecular formula is C18H19Cl2NO4S. The van der Waals surface area contributed by atoms with Crippen LogP contribution in [0, 0.1) is 0 Å². The number of thioether (sulfide) groups is 1. The van der Waals surface area contributed by atoms with Crippen LogP contribution in [0.15, 0.2) is 40.1 Å². The third kappa shape index (κ3) is 3.72. The molecule has 140 valence electrons. The van der Waals surface area contributed by atoms with Gasteiger partial charge in [-0.05, 0) is 30.7 Å². The van der Waals surface area contributed by atoms with E-state index >= 15 is 0 Å². The van der Waals surface area contributed by atoms with Crippen LogP contribution in [-0.4, -0.2) is 39.9 Å². The van der Waals surface area contributed by atoms with Crippen molar-refractivity contribution in [2.75, 3.05) is 12.8 Å². The zero-order valence-electron chi connectivity index (χ0n) is 14.5. The minimum absolute atomic E-state index is 0.00174. The number of halogens is 2. The maximum atomic E-state index is 12.1. The van der Waals surface area contributed by atoms with Crippen LogP contribution in [0.2, 0.25) is 10.0 Å². The van der Waals surface area contributed by atoms with Gasteiger partial charge in [0.05, 0.1) is 32.1 Å². The molecule has 0 radical (unpaired) electrons. The van der Waals surface area contributed by atoms with Gasteiger partial charge in [-0.25, -0.2) is 9.59 Å². The van der Waals surface area contributed by atoms with Crippen molar-refractivity contribution in [3.05, 3.63) is 55.7 Å². The summed E-state index contributed by atoms with van der Waals surface area (Å²) in [6.07, 6.45) is 0.853. The molecule has 8 heteroatoms. The van der Waals surface area contributed by atoms with Crippen molar-refractivity contribution < 1.29 is 19.8 Å². The number of nitrogens with zero attached hydrogens (tertiary/aromatic N) is 1. The lowest BCUT2D eigenvalue weighted by Gasteiger charge is -2.35. The highest BCUT2D eigenvalue weighted by molar-refractivity contribution is 8.03. The van der Waals surface area contributed by atoms with Gasteiger partial charge in [0.15, 0.2) is 0 Å². The van der Waals surface area contributed by atoms with Gasteiger partial charge in [-0.1, -0.05) is 42.3 Å². The summed E-state index contributed by atoms with van der Waals surface area (Å²) in [5.41, 5.74) is 0.825. The van der Waals surface area contributed by atoms with E-state index in [1.807, 2.05) is 6.92 Å². The molecule has 0 aromatic heterocycles. The minimum Gasteiger partial charge on any atom is -0.478 e. The van der Waals surface area contributed by atoms with Crippen molar-refractivity contribution in [2.24, 2.45) is 0 Å². The smallest absolute Gasteiger partial charge is 0.335 e. The number of hydrogen-bond donors (Lipinski definition) is 2. The Morgan fingerprint density at radius 2 is 1.81 bits per heavy atom. The van der Waals surface area contributed by atoms with Gasteiger partial charge in [0, 0.05) is 12.7 Å². The summed E-state index contributed by atoms with van der Waals surface area (Å²) in [4.78, 5) is 25.8. The van der Waals surface area contributed by atoms with E-state index in [4.69, 9.17) is 23.2 Å². The second-order valence-corrected chi connectivity index (χ2v) is 7.68. The molecule has 0 spiro atoms. The maximum Gasteiger partial charge on any atom is 0.335 e. The molecule has 0 amide bonds. The number of carbonyl (C=O) groups is 2. The number of aliphatic carboxylic acids is 2. The molecule has 2 rings (SSSR count). The molecule has 0 bridgehead atoms. The van der Waals surface area contributed by atoms with E-state index < -0.39 is 17.9 Å². The van der Waals surface area contributed by atoms with Gasteiger partial charge < -0.3 is 15.1 Å². The lowest BCUT2D eigenvalue weighted by Crippen LogP contribution is -2.32. The molecule has 0 fully saturated rings. The quantitative estimate of drug-likeness (QED) is 0.693. The zero-order valence-corrected chi connectivity index (χ0v) is 16.9. The van der Waals surface area contributed by atoms with E-state index in [1.54, 1.807) is 37.1 Å². The van der Waals surface area contributed by atoms with E-state index in [1.165, 1.54) is 11.8 Å². The Bertz CT molecular complexity index is 819. The van der Waals surface area contributed by atoms with Gasteiger partial charge >= 0.3 is 11.9 Å². The van der Waals surface area contributed by atoms with E-state index in [9.17, 15) is 19.8 Å². The molecule has 0 saturated carbocycles. The highest BCUT2D eigenvalue weighted by Crippen LogP contribution is 2.47. The zero-order chi connectivity index (χ0) is 19.6. The molecule has 1 unspecified atom stereocenters. The number of rotatable bonds is 6. The highest BCUT2D eigenvalue weighted by Gasteiger charge is 2.40. The Balaban J connectivity index is 2.82. The van der Waals surface area contributed by atoms with Gasteiger partial charge in [0.25, 0.3) is 0 Å². The second-order valence-electron chi connectivity index (χ2n) is 5.81. The molecule has 1 aromatic carbocycles. The van der Waals surface area contributed by atoms with Crippen LogP contribution in [0.4, 0.5) is 0 Å². The third-order valence-electron chi connectivity index (χ3n) is 4.20. The lowest BCUT2D eigenvalue weighted by atomic mass is 9.81. The van der Waals surface area contributed by atoms with Crippen molar-refractivity contribution >= 4 is 46.9 Å². The van der Waals surface area contributed by atoms with Crippen LogP contribution in [-0.2, 0) is 9.59 Å². The van der Waals surface area contributed by atoms with Crippen LogP contribution in [0.3, 0.4) is 0 Å². The van der Waals surface area contributed by atoms with Gasteiger partial charge in [0.2, 0.25) is 0 Å². The number of carboxylic acid groups (broad SMARTS) is 2. The van der Waals surface area contributed by atoms with Crippen molar-refractivity contribution in [3.8, 4) is 0 Å². The molecule has 5 nitrogen and oxygen atoms in total. The minimum atomic E-state index is -1.19. The second kappa shape index (κ2) is 8.37. The Labute approximate surface area is 166 Å². The fourth-order valence-electron chi connectivity index (χ4n) is 2.91. The Morgan fingerprint density at radius 3 is 2.35 bits per heavy atom. The summed E-state index contributed by atoms with van der Waals surface area (Å²) < 4.78 is 0. The van der Waals surface area contributed by atoms with E-state index in [0.29, 0.717) is 22.0 Å². The Hall–Kier alpha value is -1.63. The van der Waals surface area contributed by atoms with E-state index in [-0.39, 0.29) is 21.2 Å². The van der Waals surface area contributed by atoms with Gasteiger partial charge in [-0.2, -0.15) is 0 Å². The molecule has 2 N–H and O–H groups in total. The molecule has 1 aliphatic rings. The summed E-state index contributed by atoms with van der Waals surface area (Å²) in [5, 5.41) is 20.6. The topological polar surface area (TPSA) is 77.8 Å². The van der Waals surface area contributed by atoms with Crippen molar-refractivity contribution in [3.63, 3.8) is 0 Å². The van der Waals surface area contributed by atoms with Crippen LogP contribution in [0.25, 0.3) is 0 Å². The molecule has 1 atom stereocenters. The SMILES string of the molecule is CCCSC1=C(C(=O)O)C(c2cccc(Cl)c2Cl)C(C(=O)O)=C(C)N1C. The standard InChI is InChI=1S/C18H19Cl2NO4S/c1-4-8-26-16-14(18(24)25)13(10-6-5-7-11(19)15(10)20)12(17(22)23)9(2)21(16)3/h5-7,13H,4,8H2,1-3H3,(H,22,23)(H,24,25). The first-order valence-corrected chi connectivity index (χ1v) is 9.68. The van der Waals surface area contributed by atoms with E-state index in [2.05, 4.69) is 0 Å². The first kappa shape index (κ1) is 20.7. The van der Waals surface area contributed by atoms with Crippen LogP contribution >= 0.6 is 35.0 Å². The predicted molar refractivity (Wildman–Crippen MR) is 105 cm³/mol. The van der Waals surface area contributed by atoms with Crippen molar-refractivity contribution in [1.29, 1.82) is 0 Å². The highest BCUT2D eigenvalue weighted by atomic mass is 35.5. The van der Waals surface area contributed by atoms with Crippen molar-refractivity contribution in [2.45, 2.75) is 26.2 Å². The first-order valence-electron chi connectivity index (χ1n) is 7.94. The normalized spacial score (nSPS) is 17.7. The Morgan fingerprint density at radius 1 is 1.19 bits per heavy atom. The summed E-state index contributed by atoms with van der Waals surface area (Å²) >= 11 is 13.8. The van der Waals surface area contributed by atoms with Crippen molar-refractivity contribution in [1.82, 2.24) is 4.90 Å². The summed E-state index contributed by atoms with van der Waals surface area (Å²) in [7, 11) is 1.68. The average molecular weight is 416 g/mol. The molecule has 0 saturated heterocycles. The first-order chi connectivity index (χ1) is 12.2. The van der Waals surface area contributed by atoms with E-state index in [0.717, 1.165) is 6.42 Å². The number of hydrogen-bond acceptors (Lipinski definition) is 4. The molecule has 26 heavy (non-hydrogen) atoms. The maximum absolute atomic E-state index is 12.1. The molecule has 1 aliphatic heterocycles. The number of carboxylic acids is 2. The number of benzene rings is 1. The summed E-state index contributed by atoms with van der Waals surface area (Å²) in [6.45, 7) is 3.66. The molecule has 1 heterocycles. The van der Waals surface area contributed by atoms with Gasteiger partial charge in [0.1, 0.15) is 0 Å². The largest absolute Gasteiger partial charge is 0.478 e. The fraction of sp³-hybridized carbons (Fsp3) is 0.333. The molecule has 1 aromatic rings. The van der Waals surface area contributed by atoms with Crippen LogP contribution in [0.5, 0.6) is 0 Å².